The van der Waals surface area contributed by atoms with E-state index in [4.69, 9.17) is 15.9 Å². The zero-order valence-electron chi connectivity index (χ0n) is 8.12. The Kier molecular flexibility index (Phi) is 4.80. The van der Waals surface area contributed by atoms with Crippen LogP contribution in [-0.4, -0.2) is 13.9 Å². The Balaban J connectivity index is 3.47. The molecule has 0 amide bonds. The van der Waals surface area contributed by atoms with Gasteiger partial charge in [0.2, 0.25) is 0 Å². The maximum absolute atomic E-state index is 12.3. The molecule has 1 rings (SSSR count). The number of benzene rings is 1. The maximum atomic E-state index is 12.3. The van der Waals surface area contributed by atoms with E-state index in [2.05, 4.69) is 0 Å². The van der Waals surface area contributed by atoms with E-state index in [9.17, 15) is 21.6 Å². The lowest BCUT2D eigenvalue weighted by molar-refractivity contribution is -0.0328. The first-order valence-corrected chi connectivity index (χ1v) is 8.19. The monoisotopic (exact) mass is 427 g/mol. The summed E-state index contributed by atoms with van der Waals surface area (Å²) in [7, 11) is 0.935. The fraction of sp³-hybridized carbons (Fsp3) is 0.125. The third-order valence-corrected chi connectivity index (χ3v) is 5.05. The molecule has 0 aromatic heterocycles. The molecule has 0 radical (unpaired) electrons. The molecule has 0 heterocycles. The Labute approximate surface area is 123 Å². The number of halogens is 5. The Morgan fingerprint density at radius 3 is 2.33 bits per heavy atom. The van der Waals surface area contributed by atoms with Gasteiger partial charge in [0.1, 0.15) is 6.07 Å². The van der Waals surface area contributed by atoms with Gasteiger partial charge in [0.15, 0.2) is 0 Å². The van der Waals surface area contributed by atoms with Gasteiger partial charge in [-0.1, -0.05) is 0 Å². The Hall–Kier alpha value is -0.180. The summed E-state index contributed by atoms with van der Waals surface area (Å²) in [5, 5.41) is 8.72. The molecule has 10 heteroatoms. The number of rotatable bonds is 2. The van der Waals surface area contributed by atoms with Crippen LogP contribution in [0.3, 0.4) is 0 Å². The highest BCUT2D eigenvalue weighted by Crippen LogP contribution is 2.40. The third-order valence-electron chi connectivity index (χ3n) is 1.64. The molecule has 1 aromatic carbocycles. The first-order chi connectivity index (χ1) is 8.04. The summed E-state index contributed by atoms with van der Waals surface area (Å²) in [6.45, 7) is 0. The normalized spacial score (nSPS) is 12.2. The second-order valence-electron chi connectivity index (χ2n) is 2.88. The zero-order chi connectivity index (χ0) is 14.1. The molecule has 0 saturated carbocycles. The Morgan fingerprint density at radius 1 is 1.39 bits per heavy atom. The lowest BCUT2D eigenvalue weighted by Crippen LogP contribution is -2.03. The van der Waals surface area contributed by atoms with E-state index in [1.807, 2.05) is 0 Å². The van der Waals surface area contributed by atoms with Crippen LogP contribution in [0.5, 0.6) is 0 Å². The van der Waals surface area contributed by atoms with Crippen LogP contribution in [0, 0.1) is 14.9 Å². The molecular weight excluding hydrogens is 426 g/mol. The second kappa shape index (κ2) is 5.44. The summed E-state index contributed by atoms with van der Waals surface area (Å²) in [4.78, 5) is -0.944. The van der Waals surface area contributed by atoms with Crippen molar-refractivity contribution >= 4 is 54.1 Å². The molecule has 0 spiro atoms. The van der Waals surface area contributed by atoms with Crippen molar-refractivity contribution in [1.82, 2.24) is 0 Å². The summed E-state index contributed by atoms with van der Waals surface area (Å²) < 4.78 is 59.2. The van der Waals surface area contributed by atoms with Crippen LogP contribution in [0.25, 0.3) is 0 Å². The standard InChI is InChI=1S/C8H2ClF3INO2S2/c9-18(15,16)7-2-6(17-8(10,11)12)4(3-14)1-5(7)13/h1-2H. The minimum atomic E-state index is -4.62. The van der Waals surface area contributed by atoms with Gasteiger partial charge in [-0.3, -0.25) is 0 Å². The summed E-state index contributed by atoms with van der Waals surface area (Å²) in [6, 6.07) is 3.37. The van der Waals surface area contributed by atoms with E-state index >= 15 is 0 Å². The first kappa shape index (κ1) is 15.9. The van der Waals surface area contributed by atoms with Gasteiger partial charge in [-0.15, -0.1) is 0 Å². The number of nitriles is 1. The third kappa shape index (κ3) is 4.18. The molecule has 0 aliphatic carbocycles. The topological polar surface area (TPSA) is 57.9 Å². The van der Waals surface area contributed by atoms with Crippen LogP contribution < -0.4 is 0 Å². The highest BCUT2D eigenvalue weighted by atomic mass is 127. The molecule has 0 atom stereocenters. The van der Waals surface area contributed by atoms with Crippen molar-refractivity contribution in [1.29, 1.82) is 5.26 Å². The minimum absolute atomic E-state index is 0.0886. The average Bonchev–Trinajstić information content (AvgIpc) is 2.16. The predicted octanol–water partition coefficient (Wildman–Crippen LogP) is 3.70. The average molecular weight is 428 g/mol. The van der Waals surface area contributed by atoms with Gasteiger partial charge in [-0.05, 0) is 46.5 Å². The zero-order valence-corrected chi connectivity index (χ0v) is 12.7. The van der Waals surface area contributed by atoms with E-state index < -0.39 is 36.1 Å². The van der Waals surface area contributed by atoms with Crippen LogP contribution >= 0.6 is 45.0 Å². The molecule has 0 saturated heterocycles. The molecule has 0 aliphatic rings. The van der Waals surface area contributed by atoms with Gasteiger partial charge in [-0.2, -0.15) is 18.4 Å². The Morgan fingerprint density at radius 2 is 1.94 bits per heavy atom. The molecule has 98 valence electrons. The van der Waals surface area contributed by atoms with Crippen LogP contribution in [0.4, 0.5) is 13.2 Å². The fourth-order valence-corrected chi connectivity index (χ4v) is 4.39. The van der Waals surface area contributed by atoms with Gasteiger partial charge in [0.25, 0.3) is 9.05 Å². The highest BCUT2D eigenvalue weighted by Gasteiger charge is 2.31. The number of hydrogen-bond donors (Lipinski definition) is 0. The van der Waals surface area contributed by atoms with E-state index in [0.717, 1.165) is 12.1 Å². The smallest absolute Gasteiger partial charge is 0.207 e. The van der Waals surface area contributed by atoms with Gasteiger partial charge in [0.05, 0.1) is 10.5 Å². The fourth-order valence-electron chi connectivity index (χ4n) is 1.02. The highest BCUT2D eigenvalue weighted by molar-refractivity contribution is 14.1. The number of nitrogens with zero attached hydrogens (tertiary/aromatic N) is 1. The van der Waals surface area contributed by atoms with E-state index in [0.29, 0.717) is 0 Å². The van der Waals surface area contributed by atoms with Crippen molar-refractivity contribution in [3.8, 4) is 6.07 Å². The van der Waals surface area contributed by atoms with Crippen LogP contribution in [-0.2, 0) is 9.05 Å². The van der Waals surface area contributed by atoms with Crippen molar-refractivity contribution < 1.29 is 21.6 Å². The summed E-state index contributed by atoms with van der Waals surface area (Å²) in [5.41, 5.74) is -4.88. The van der Waals surface area contributed by atoms with Crippen LogP contribution in [0.15, 0.2) is 21.9 Å². The second-order valence-corrected chi connectivity index (χ2v) is 7.68. The van der Waals surface area contributed by atoms with Crippen LogP contribution in [0.2, 0.25) is 0 Å². The largest absolute Gasteiger partial charge is 0.446 e. The van der Waals surface area contributed by atoms with Gasteiger partial charge >= 0.3 is 5.51 Å². The molecule has 1 aromatic rings. The lowest BCUT2D eigenvalue weighted by atomic mass is 10.2. The molecule has 0 aliphatic heterocycles. The molecule has 0 unspecified atom stereocenters. The molecule has 3 nitrogen and oxygen atoms in total. The maximum Gasteiger partial charge on any atom is 0.446 e. The van der Waals surface area contributed by atoms with Crippen molar-refractivity contribution in [3.05, 3.63) is 21.3 Å². The first-order valence-electron chi connectivity index (χ1n) is 3.98. The molecule has 0 bridgehead atoms. The SMILES string of the molecule is N#Cc1cc(I)c(S(=O)(=O)Cl)cc1SC(F)(F)F. The Bertz CT molecular complexity index is 624. The van der Waals surface area contributed by atoms with E-state index in [1.165, 1.54) is 0 Å². The van der Waals surface area contributed by atoms with Gasteiger partial charge in [0, 0.05) is 19.1 Å². The molecular formula is C8H2ClF3INO2S2. The summed E-state index contributed by atoms with van der Waals surface area (Å²) in [6.07, 6.45) is 0. The van der Waals surface area contributed by atoms with Crippen molar-refractivity contribution in [2.45, 2.75) is 15.3 Å². The quantitative estimate of drug-likeness (QED) is 0.410. The van der Waals surface area contributed by atoms with Gasteiger partial charge in [-0.25, -0.2) is 8.42 Å². The van der Waals surface area contributed by atoms with Crippen molar-refractivity contribution in [2.75, 3.05) is 0 Å². The van der Waals surface area contributed by atoms with Crippen molar-refractivity contribution in [2.24, 2.45) is 0 Å². The molecule has 0 N–H and O–H groups in total. The molecule has 18 heavy (non-hydrogen) atoms. The molecule has 0 fully saturated rings. The minimum Gasteiger partial charge on any atom is -0.207 e. The number of hydrogen-bond acceptors (Lipinski definition) is 4. The van der Waals surface area contributed by atoms with Gasteiger partial charge < -0.3 is 0 Å². The van der Waals surface area contributed by atoms with E-state index in [1.54, 1.807) is 28.7 Å². The summed E-state index contributed by atoms with van der Waals surface area (Å²) in [5.74, 6) is 0. The lowest BCUT2D eigenvalue weighted by Gasteiger charge is -2.09. The van der Waals surface area contributed by atoms with Crippen LogP contribution in [0.1, 0.15) is 5.56 Å². The number of alkyl halides is 3. The van der Waals surface area contributed by atoms with Crippen molar-refractivity contribution in [3.63, 3.8) is 0 Å². The predicted molar refractivity (Wildman–Crippen MR) is 68.8 cm³/mol. The number of thioether (sulfide) groups is 1. The van der Waals surface area contributed by atoms with E-state index in [-0.39, 0.29) is 9.13 Å². The summed E-state index contributed by atoms with van der Waals surface area (Å²) >= 11 is 1.03.